The number of hydrogen-bond donors (Lipinski definition) is 1. The highest BCUT2D eigenvalue weighted by atomic mass is 16.4. The minimum Gasteiger partial charge on any atom is -0.465 e. The van der Waals surface area contributed by atoms with Crippen LogP contribution in [-0.4, -0.2) is 33.5 Å². The monoisotopic (exact) mass is 262 g/mol. The molecule has 6 heteroatoms. The SMILES string of the molecule is CCCCN(C(=O)O)C(=O)c1nc2ccccc2o1. The summed E-state index contributed by atoms with van der Waals surface area (Å²) in [6.45, 7) is 2.06. The van der Waals surface area contributed by atoms with E-state index in [1.807, 2.05) is 6.92 Å². The van der Waals surface area contributed by atoms with Crippen LogP contribution in [0.4, 0.5) is 4.79 Å². The lowest BCUT2D eigenvalue weighted by Gasteiger charge is -2.14. The number of unbranched alkanes of at least 4 members (excludes halogenated alkanes) is 1. The number of aromatic nitrogens is 1. The van der Waals surface area contributed by atoms with Gasteiger partial charge in [0.15, 0.2) is 5.58 Å². The van der Waals surface area contributed by atoms with Gasteiger partial charge in [0.1, 0.15) is 5.52 Å². The molecule has 0 saturated heterocycles. The molecule has 0 atom stereocenters. The number of para-hydroxylation sites is 2. The third-order valence-electron chi connectivity index (χ3n) is 2.69. The topological polar surface area (TPSA) is 83.6 Å². The van der Waals surface area contributed by atoms with Crippen molar-refractivity contribution >= 4 is 23.1 Å². The number of nitrogens with zero attached hydrogens (tertiary/aromatic N) is 2. The summed E-state index contributed by atoms with van der Waals surface area (Å²) < 4.78 is 5.28. The van der Waals surface area contributed by atoms with Crippen LogP contribution in [0.3, 0.4) is 0 Å². The maximum Gasteiger partial charge on any atom is 0.414 e. The number of imide groups is 1. The molecule has 19 heavy (non-hydrogen) atoms. The van der Waals surface area contributed by atoms with Crippen molar-refractivity contribution in [3.05, 3.63) is 30.2 Å². The van der Waals surface area contributed by atoms with Crippen LogP contribution in [0.1, 0.15) is 30.5 Å². The van der Waals surface area contributed by atoms with Crippen molar-refractivity contribution in [3.63, 3.8) is 0 Å². The van der Waals surface area contributed by atoms with Gasteiger partial charge in [-0.1, -0.05) is 25.5 Å². The second kappa shape index (κ2) is 5.51. The molecule has 6 nitrogen and oxygen atoms in total. The molecular weight excluding hydrogens is 248 g/mol. The molecule has 2 amide bonds. The molecule has 0 unspecified atom stereocenters. The van der Waals surface area contributed by atoms with E-state index in [0.29, 0.717) is 17.5 Å². The van der Waals surface area contributed by atoms with Crippen molar-refractivity contribution in [1.82, 2.24) is 9.88 Å². The van der Waals surface area contributed by atoms with E-state index < -0.39 is 12.0 Å². The molecule has 1 aromatic carbocycles. The molecule has 0 radical (unpaired) electrons. The summed E-state index contributed by atoms with van der Waals surface area (Å²) in [5.41, 5.74) is 0.998. The number of oxazole rings is 1. The highest BCUT2D eigenvalue weighted by molar-refractivity contribution is 6.00. The molecule has 0 aliphatic heterocycles. The van der Waals surface area contributed by atoms with Crippen LogP contribution in [0.15, 0.2) is 28.7 Å². The van der Waals surface area contributed by atoms with Gasteiger partial charge < -0.3 is 9.52 Å². The van der Waals surface area contributed by atoms with E-state index in [1.165, 1.54) is 0 Å². The van der Waals surface area contributed by atoms with Crippen LogP contribution >= 0.6 is 0 Å². The number of fused-ring (bicyclic) bond motifs is 1. The first kappa shape index (κ1) is 13.1. The quantitative estimate of drug-likeness (QED) is 0.915. The average Bonchev–Trinajstić information content (AvgIpc) is 2.82. The van der Waals surface area contributed by atoms with Crippen molar-refractivity contribution in [2.45, 2.75) is 19.8 Å². The summed E-state index contributed by atoms with van der Waals surface area (Å²) in [5.74, 6) is -0.920. The summed E-state index contributed by atoms with van der Waals surface area (Å²) >= 11 is 0. The van der Waals surface area contributed by atoms with Crippen molar-refractivity contribution in [2.75, 3.05) is 6.54 Å². The molecule has 2 rings (SSSR count). The number of carboxylic acid groups (broad SMARTS) is 1. The maximum atomic E-state index is 12.1. The van der Waals surface area contributed by atoms with E-state index >= 15 is 0 Å². The number of benzene rings is 1. The lowest BCUT2D eigenvalue weighted by molar-refractivity contribution is 0.0704. The van der Waals surface area contributed by atoms with Crippen LogP contribution in [0, 0.1) is 0 Å². The first-order valence-corrected chi connectivity index (χ1v) is 6.04. The minimum absolute atomic E-state index is 0.142. The van der Waals surface area contributed by atoms with Crippen molar-refractivity contribution < 1.29 is 19.1 Å². The molecule has 0 aliphatic rings. The smallest absolute Gasteiger partial charge is 0.414 e. The van der Waals surface area contributed by atoms with Crippen LogP contribution in [0.5, 0.6) is 0 Å². The van der Waals surface area contributed by atoms with Gasteiger partial charge >= 0.3 is 12.0 Å². The Hall–Kier alpha value is -2.37. The number of carbonyl (C=O) groups is 2. The molecule has 1 aromatic heterocycles. The Morgan fingerprint density at radius 3 is 2.74 bits per heavy atom. The van der Waals surface area contributed by atoms with Crippen LogP contribution in [-0.2, 0) is 0 Å². The average molecular weight is 262 g/mol. The van der Waals surface area contributed by atoms with Gasteiger partial charge in [0.05, 0.1) is 0 Å². The van der Waals surface area contributed by atoms with Crippen molar-refractivity contribution in [3.8, 4) is 0 Å². The Bertz CT molecular complexity index is 572. The van der Waals surface area contributed by atoms with Gasteiger partial charge in [-0.05, 0) is 18.6 Å². The molecule has 1 heterocycles. The van der Waals surface area contributed by atoms with Gasteiger partial charge in [-0.25, -0.2) is 14.7 Å². The standard InChI is InChI=1S/C13H14N2O4/c1-2-3-8-15(13(17)18)12(16)11-14-9-6-4-5-7-10(9)19-11/h4-7H,2-3,8H2,1H3,(H,17,18). The number of carbonyl (C=O) groups excluding carboxylic acids is 1. The Labute approximate surface area is 109 Å². The fourth-order valence-electron chi connectivity index (χ4n) is 1.68. The second-order valence-corrected chi connectivity index (χ2v) is 4.08. The molecule has 100 valence electrons. The van der Waals surface area contributed by atoms with E-state index in [-0.39, 0.29) is 12.4 Å². The predicted molar refractivity (Wildman–Crippen MR) is 68.0 cm³/mol. The zero-order chi connectivity index (χ0) is 13.8. The Morgan fingerprint density at radius 1 is 1.37 bits per heavy atom. The van der Waals surface area contributed by atoms with E-state index in [2.05, 4.69) is 4.98 Å². The lowest BCUT2D eigenvalue weighted by atomic mass is 10.3. The first-order chi connectivity index (χ1) is 9.13. The Kier molecular flexibility index (Phi) is 3.79. The molecule has 0 spiro atoms. The molecule has 0 saturated carbocycles. The molecule has 0 bridgehead atoms. The lowest BCUT2D eigenvalue weighted by Crippen LogP contribution is -2.36. The zero-order valence-corrected chi connectivity index (χ0v) is 10.5. The van der Waals surface area contributed by atoms with E-state index in [1.54, 1.807) is 24.3 Å². The highest BCUT2D eigenvalue weighted by Gasteiger charge is 2.26. The van der Waals surface area contributed by atoms with E-state index in [0.717, 1.165) is 11.3 Å². The first-order valence-electron chi connectivity index (χ1n) is 6.04. The van der Waals surface area contributed by atoms with E-state index in [9.17, 15) is 9.59 Å². The summed E-state index contributed by atoms with van der Waals surface area (Å²) in [6.07, 6.45) is 0.115. The van der Waals surface area contributed by atoms with Gasteiger partial charge in [-0.3, -0.25) is 4.79 Å². The molecule has 0 fully saturated rings. The van der Waals surface area contributed by atoms with E-state index in [4.69, 9.17) is 9.52 Å². The maximum absolute atomic E-state index is 12.1. The summed E-state index contributed by atoms with van der Waals surface area (Å²) in [5, 5.41) is 9.04. The zero-order valence-electron chi connectivity index (χ0n) is 10.5. The summed E-state index contributed by atoms with van der Waals surface area (Å²) in [7, 11) is 0. The summed E-state index contributed by atoms with van der Waals surface area (Å²) in [6, 6.07) is 6.90. The van der Waals surface area contributed by atoms with Crippen LogP contribution < -0.4 is 0 Å². The number of hydrogen-bond acceptors (Lipinski definition) is 4. The fourth-order valence-corrected chi connectivity index (χ4v) is 1.68. The minimum atomic E-state index is -1.29. The Balaban J connectivity index is 2.27. The van der Waals surface area contributed by atoms with Gasteiger partial charge in [-0.2, -0.15) is 0 Å². The fraction of sp³-hybridized carbons (Fsp3) is 0.308. The van der Waals surface area contributed by atoms with Gasteiger partial charge in [0, 0.05) is 6.54 Å². The summed E-state index contributed by atoms with van der Waals surface area (Å²) in [4.78, 5) is 27.9. The third-order valence-corrected chi connectivity index (χ3v) is 2.69. The van der Waals surface area contributed by atoms with Crippen molar-refractivity contribution in [1.29, 1.82) is 0 Å². The molecule has 1 N–H and O–H groups in total. The molecule has 0 aliphatic carbocycles. The van der Waals surface area contributed by atoms with Crippen molar-refractivity contribution in [2.24, 2.45) is 0 Å². The Morgan fingerprint density at radius 2 is 2.11 bits per heavy atom. The second-order valence-electron chi connectivity index (χ2n) is 4.08. The molecular formula is C13H14N2O4. The number of amides is 2. The normalized spacial score (nSPS) is 10.6. The van der Waals surface area contributed by atoms with Crippen LogP contribution in [0.2, 0.25) is 0 Å². The van der Waals surface area contributed by atoms with Crippen LogP contribution in [0.25, 0.3) is 11.1 Å². The predicted octanol–water partition coefficient (Wildman–Crippen LogP) is 2.75. The van der Waals surface area contributed by atoms with Gasteiger partial charge in [0.2, 0.25) is 0 Å². The number of rotatable bonds is 4. The van der Waals surface area contributed by atoms with Gasteiger partial charge in [0.25, 0.3) is 5.89 Å². The highest BCUT2D eigenvalue weighted by Crippen LogP contribution is 2.16. The van der Waals surface area contributed by atoms with Gasteiger partial charge in [-0.15, -0.1) is 0 Å². The largest absolute Gasteiger partial charge is 0.465 e. The molecule has 2 aromatic rings. The third kappa shape index (κ3) is 2.73.